The van der Waals surface area contributed by atoms with E-state index in [1.54, 1.807) is 6.33 Å². The Kier molecular flexibility index (Phi) is 2.27. The number of nitrogens with zero attached hydrogens (tertiary/aromatic N) is 4. The summed E-state index contributed by atoms with van der Waals surface area (Å²) in [4.78, 5) is 6.59. The van der Waals surface area contributed by atoms with Gasteiger partial charge in [0.15, 0.2) is 5.65 Å². The van der Waals surface area contributed by atoms with Gasteiger partial charge in [-0.05, 0) is 30.9 Å². The SMILES string of the molecule is C[C@H]1CCCN(c2ccc3ncnn3c2)C1. The zero-order valence-electron chi connectivity index (χ0n) is 9.50. The summed E-state index contributed by atoms with van der Waals surface area (Å²) in [6.45, 7) is 4.63. The molecule has 3 rings (SSSR count). The molecule has 1 atom stereocenters. The van der Waals surface area contributed by atoms with Gasteiger partial charge in [0.2, 0.25) is 0 Å². The Morgan fingerprint density at radius 3 is 3.19 bits per heavy atom. The molecule has 0 amide bonds. The molecule has 0 aromatic carbocycles. The Morgan fingerprint density at radius 1 is 1.38 bits per heavy atom. The van der Waals surface area contributed by atoms with E-state index in [0.717, 1.165) is 24.7 Å². The van der Waals surface area contributed by atoms with Crippen LogP contribution in [0.3, 0.4) is 0 Å². The summed E-state index contributed by atoms with van der Waals surface area (Å²) in [5, 5.41) is 4.17. The second kappa shape index (κ2) is 3.77. The molecule has 0 saturated carbocycles. The first-order chi connectivity index (χ1) is 7.83. The van der Waals surface area contributed by atoms with E-state index < -0.39 is 0 Å². The monoisotopic (exact) mass is 216 g/mol. The maximum atomic E-state index is 4.17. The molecule has 0 N–H and O–H groups in total. The highest BCUT2D eigenvalue weighted by molar-refractivity contribution is 5.51. The van der Waals surface area contributed by atoms with E-state index in [1.807, 2.05) is 10.6 Å². The van der Waals surface area contributed by atoms with E-state index >= 15 is 0 Å². The van der Waals surface area contributed by atoms with Crippen molar-refractivity contribution >= 4 is 11.3 Å². The molecule has 0 radical (unpaired) electrons. The Labute approximate surface area is 94.9 Å². The van der Waals surface area contributed by atoms with Crippen molar-refractivity contribution in [3.63, 3.8) is 0 Å². The maximum Gasteiger partial charge on any atom is 0.155 e. The number of aromatic nitrogens is 3. The molecule has 2 aromatic heterocycles. The third-order valence-electron chi connectivity index (χ3n) is 3.28. The summed E-state index contributed by atoms with van der Waals surface area (Å²) in [6, 6.07) is 4.17. The molecule has 84 valence electrons. The highest BCUT2D eigenvalue weighted by Crippen LogP contribution is 2.22. The summed E-state index contributed by atoms with van der Waals surface area (Å²) in [5.41, 5.74) is 2.17. The van der Waals surface area contributed by atoms with Crippen molar-refractivity contribution in [2.24, 2.45) is 5.92 Å². The highest BCUT2D eigenvalue weighted by atomic mass is 15.3. The summed E-state index contributed by atoms with van der Waals surface area (Å²) in [6.07, 6.45) is 6.30. The van der Waals surface area contributed by atoms with Crippen LogP contribution in [-0.4, -0.2) is 27.7 Å². The lowest BCUT2D eigenvalue weighted by atomic mass is 10.00. The van der Waals surface area contributed by atoms with Crippen LogP contribution in [0.15, 0.2) is 24.7 Å². The molecule has 4 nitrogen and oxygen atoms in total. The zero-order chi connectivity index (χ0) is 11.0. The standard InChI is InChI=1S/C12H16N4/c1-10-3-2-6-15(7-10)11-4-5-12-13-9-14-16(12)8-11/h4-5,8-10H,2-3,6-7H2,1H3/t10-/m0/s1. The minimum atomic E-state index is 0.792. The number of pyridine rings is 1. The van der Waals surface area contributed by atoms with Gasteiger partial charge < -0.3 is 4.90 Å². The smallest absolute Gasteiger partial charge is 0.155 e. The first-order valence-corrected chi connectivity index (χ1v) is 5.87. The molecule has 0 spiro atoms. The van der Waals surface area contributed by atoms with Gasteiger partial charge in [-0.2, -0.15) is 5.10 Å². The second-order valence-corrected chi connectivity index (χ2v) is 4.64. The first kappa shape index (κ1) is 9.63. The van der Waals surface area contributed by atoms with Crippen LogP contribution in [-0.2, 0) is 0 Å². The van der Waals surface area contributed by atoms with Gasteiger partial charge in [0.05, 0.1) is 11.9 Å². The fourth-order valence-electron chi connectivity index (χ4n) is 2.42. The predicted molar refractivity (Wildman–Crippen MR) is 63.6 cm³/mol. The quantitative estimate of drug-likeness (QED) is 0.730. The normalized spacial score (nSPS) is 21.6. The largest absolute Gasteiger partial charge is 0.370 e. The summed E-state index contributed by atoms with van der Waals surface area (Å²) in [5.74, 6) is 0.792. The van der Waals surface area contributed by atoms with Crippen molar-refractivity contribution in [1.82, 2.24) is 14.6 Å². The van der Waals surface area contributed by atoms with Gasteiger partial charge >= 0.3 is 0 Å². The average Bonchev–Trinajstić information content (AvgIpc) is 2.75. The molecule has 16 heavy (non-hydrogen) atoms. The lowest BCUT2D eigenvalue weighted by molar-refractivity contribution is 0.446. The molecule has 1 aliphatic heterocycles. The topological polar surface area (TPSA) is 33.4 Å². The molecule has 1 fully saturated rings. The van der Waals surface area contributed by atoms with Gasteiger partial charge in [0.25, 0.3) is 0 Å². The van der Waals surface area contributed by atoms with Gasteiger partial charge in [-0.1, -0.05) is 6.92 Å². The van der Waals surface area contributed by atoms with Crippen LogP contribution in [0.4, 0.5) is 5.69 Å². The van der Waals surface area contributed by atoms with Crippen LogP contribution in [0.25, 0.3) is 5.65 Å². The number of piperidine rings is 1. The van der Waals surface area contributed by atoms with Gasteiger partial charge in [0, 0.05) is 13.1 Å². The predicted octanol–water partition coefficient (Wildman–Crippen LogP) is 1.97. The maximum absolute atomic E-state index is 4.17. The van der Waals surface area contributed by atoms with Crippen molar-refractivity contribution in [3.8, 4) is 0 Å². The minimum absolute atomic E-state index is 0.792. The molecule has 1 saturated heterocycles. The highest BCUT2D eigenvalue weighted by Gasteiger charge is 2.16. The van der Waals surface area contributed by atoms with E-state index in [9.17, 15) is 0 Å². The van der Waals surface area contributed by atoms with Crippen molar-refractivity contribution in [2.75, 3.05) is 18.0 Å². The third-order valence-corrected chi connectivity index (χ3v) is 3.28. The third kappa shape index (κ3) is 1.64. The molecule has 0 aliphatic carbocycles. The van der Waals surface area contributed by atoms with Crippen molar-refractivity contribution < 1.29 is 0 Å². The molecule has 0 bridgehead atoms. The van der Waals surface area contributed by atoms with Crippen LogP contribution in [0.2, 0.25) is 0 Å². The van der Waals surface area contributed by atoms with Crippen LogP contribution in [0, 0.1) is 5.92 Å². The molecule has 0 unspecified atom stereocenters. The van der Waals surface area contributed by atoms with E-state index in [4.69, 9.17) is 0 Å². The molecule has 3 heterocycles. The Balaban J connectivity index is 1.92. The molecule has 4 heteroatoms. The number of rotatable bonds is 1. The fraction of sp³-hybridized carbons (Fsp3) is 0.500. The number of hydrogen-bond acceptors (Lipinski definition) is 3. The minimum Gasteiger partial charge on any atom is -0.370 e. The van der Waals surface area contributed by atoms with Crippen molar-refractivity contribution in [1.29, 1.82) is 0 Å². The first-order valence-electron chi connectivity index (χ1n) is 5.87. The molecular formula is C12H16N4. The summed E-state index contributed by atoms with van der Waals surface area (Å²) in [7, 11) is 0. The molecule has 2 aromatic rings. The summed E-state index contributed by atoms with van der Waals surface area (Å²) < 4.78 is 1.84. The number of fused-ring (bicyclic) bond motifs is 1. The van der Waals surface area contributed by atoms with E-state index in [1.165, 1.54) is 18.5 Å². The summed E-state index contributed by atoms with van der Waals surface area (Å²) >= 11 is 0. The van der Waals surface area contributed by atoms with E-state index in [2.05, 4.69) is 34.2 Å². The van der Waals surface area contributed by atoms with Crippen LogP contribution in [0.1, 0.15) is 19.8 Å². The van der Waals surface area contributed by atoms with Gasteiger partial charge in [-0.15, -0.1) is 0 Å². The van der Waals surface area contributed by atoms with E-state index in [0.29, 0.717) is 0 Å². The molecular weight excluding hydrogens is 200 g/mol. The second-order valence-electron chi connectivity index (χ2n) is 4.64. The fourth-order valence-corrected chi connectivity index (χ4v) is 2.42. The average molecular weight is 216 g/mol. The van der Waals surface area contributed by atoms with Crippen molar-refractivity contribution in [2.45, 2.75) is 19.8 Å². The number of anilines is 1. The van der Waals surface area contributed by atoms with Gasteiger partial charge in [0.1, 0.15) is 6.33 Å². The Morgan fingerprint density at radius 2 is 2.31 bits per heavy atom. The van der Waals surface area contributed by atoms with Crippen LogP contribution in [0.5, 0.6) is 0 Å². The van der Waals surface area contributed by atoms with Gasteiger partial charge in [-0.25, -0.2) is 9.50 Å². The lowest BCUT2D eigenvalue weighted by Gasteiger charge is -2.32. The van der Waals surface area contributed by atoms with E-state index in [-0.39, 0.29) is 0 Å². The lowest BCUT2D eigenvalue weighted by Crippen LogP contribution is -2.34. The van der Waals surface area contributed by atoms with Crippen LogP contribution < -0.4 is 4.90 Å². The Bertz CT molecular complexity index is 490. The van der Waals surface area contributed by atoms with Crippen molar-refractivity contribution in [3.05, 3.63) is 24.7 Å². The van der Waals surface area contributed by atoms with Crippen LogP contribution >= 0.6 is 0 Å². The Hall–Kier alpha value is -1.58. The van der Waals surface area contributed by atoms with Gasteiger partial charge in [-0.3, -0.25) is 0 Å². The number of hydrogen-bond donors (Lipinski definition) is 0. The molecule has 1 aliphatic rings. The zero-order valence-corrected chi connectivity index (χ0v) is 9.50.